The monoisotopic (exact) mass is 514 g/mol. The Labute approximate surface area is 211 Å². The summed E-state index contributed by atoms with van der Waals surface area (Å²) >= 11 is 12.5. The summed E-state index contributed by atoms with van der Waals surface area (Å²) in [4.78, 5) is 15.2. The number of nitrogens with zero attached hydrogens (tertiary/aromatic N) is 3. The van der Waals surface area contributed by atoms with Crippen molar-refractivity contribution >= 4 is 51.6 Å². The molecule has 0 atom stereocenters. The fraction of sp³-hybridized carbons (Fsp3) is 0.231. The van der Waals surface area contributed by atoms with Gasteiger partial charge in [0.05, 0.1) is 16.9 Å². The molecule has 0 aliphatic heterocycles. The lowest BCUT2D eigenvalue weighted by atomic mass is 9.96. The van der Waals surface area contributed by atoms with Gasteiger partial charge in [-0.1, -0.05) is 54.6 Å². The molecule has 1 aromatic heterocycles. The average molecular weight is 515 g/mol. The predicted molar refractivity (Wildman–Crippen MR) is 135 cm³/mol. The molecule has 1 aliphatic rings. The van der Waals surface area contributed by atoms with Crippen LogP contribution in [0.15, 0.2) is 60.7 Å². The van der Waals surface area contributed by atoms with Crippen molar-refractivity contribution < 1.29 is 13.6 Å². The molecular formula is C26H22Cl2F2N4O. The van der Waals surface area contributed by atoms with Crippen LogP contribution in [0, 0.1) is 11.6 Å². The second-order valence-corrected chi connectivity index (χ2v) is 9.47. The van der Waals surface area contributed by atoms with E-state index in [4.69, 9.17) is 23.2 Å². The van der Waals surface area contributed by atoms with Crippen molar-refractivity contribution in [2.24, 2.45) is 0 Å². The number of carbonyl (C=O) groups is 1. The first-order valence-electron chi connectivity index (χ1n) is 11.4. The van der Waals surface area contributed by atoms with E-state index in [0.29, 0.717) is 21.4 Å². The van der Waals surface area contributed by atoms with E-state index in [0.717, 1.165) is 44.2 Å². The molecule has 180 valence electrons. The van der Waals surface area contributed by atoms with Crippen LogP contribution in [0.3, 0.4) is 0 Å². The lowest BCUT2D eigenvalue weighted by molar-refractivity contribution is 0.240. The molecule has 0 saturated heterocycles. The zero-order valence-electron chi connectivity index (χ0n) is 18.6. The van der Waals surface area contributed by atoms with Crippen LogP contribution < -0.4 is 10.2 Å². The Morgan fingerprint density at radius 1 is 0.943 bits per heavy atom. The summed E-state index contributed by atoms with van der Waals surface area (Å²) in [5.74, 6) is -1.82. The molecule has 1 aliphatic carbocycles. The maximum Gasteiger partial charge on any atom is 0.327 e. The Morgan fingerprint density at radius 3 is 2.34 bits per heavy atom. The predicted octanol–water partition coefficient (Wildman–Crippen LogP) is 7.79. The van der Waals surface area contributed by atoms with E-state index < -0.39 is 17.7 Å². The normalized spacial score (nSPS) is 14.3. The Bertz CT molecular complexity index is 1400. The second-order valence-electron chi connectivity index (χ2n) is 8.60. The van der Waals surface area contributed by atoms with Gasteiger partial charge in [-0.2, -0.15) is 5.10 Å². The molecule has 1 saturated carbocycles. The van der Waals surface area contributed by atoms with Crippen molar-refractivity contribution in [1.29, 1.82) is 0 Å². The van der Waals surface area contributed by atoms with E-state index in [2.05, 4.69) is 10.4 Å². The number of nitrogens with one attached hydrogen (secondary N) is 1. The molecule has 9 heteroatoms. The minimum absolute atomic E-state index is 0.0147. The molecule has 2 amide bonds. The minimum atomic E-state index is -1.04. The van der Waals surface area contributed by atoms with Crippen molar-refractivity contribution in [2.75, 3.05) is 4.90 Å². The number of rotatable bonds is 4. The summed E-state index contributed by atoms with van der Waals surface area (Å²) in [5.41, 5.74) is 1.18. The highest BCUT2D eigenvalue weighted by atomic mass is 35.5. The largest absolute Gasteiger partial charge is 0.335 e. The molecule has 1 fully saturated rings. The van der Waals surface area contributed by atoms with E-state index in [1.165, 1.54) is 9.58 Å². The molecule has 35 heavy (non-hydrogen) atoms. The molecular weight excluding hydrogens is 493 g/mol. The first-order chi connectivity index (χ1) is 16.9. The Kier molecular flexibility index (Phi) is 6.62. The molecule has 1 N–H and O–H groups in total. The molecule has 0 radical (unpaired) electrons. The Morgan fingerprint density at radius 2 is 1.63 bits per heavy atom. The van der Waals surface area contributed by atoms with Crippen LogP contribution >= 0.6 is 23.2 Å². The molecule has 1 heterocycles. The first-order valence-corrected chi connectivity index (χ1v) is 12.2. The summed E-state index contributed by atoms with van der Waals surface area (Å²) in [7, 11) is 0. The van der Waals surface area contributed by atoms with Crippen LogP contribution in [0.5, 0.6) is 0 Å². The van der Waals surface area contributed by atoms with Gasteiger partial charge in [-0.3, -0.25) is 0 Å². The number of fused-ring (bicyclic) bond motifs is 1. The molecule has 4 aromatic rings. The van der Waals surface area contributed by atoms with Crippen LogP contribution in [0.25, 0.3) is 16.6 Å². The molecule has 3 aromatic carbocycles. The van der Waals surface area contributed by atoms with Gasteiger partial charge < -0.3 is 5.32 Å². The number of carbonyl (C=O) groups excluding carboxylic acids is 1. The standard InChI is InChI=1S/C26H22Cl2F2N4O/c27-16-6-4-10-19(12-16)33(26(35)31-18-8-2-1-3-9-18)25-21-14-22(29)23(30)15-24(21)32-34(25)20-11-5-7-17(28)13-20/h4-7,10-15,18H,1-3,8-9H2,(H,31,35). The SMILES string of the molecule is O=C(NC1CCCCC1)N(c1cccc(Cl)c1)c1c2cc(F)c(F)cc2nn1-c1cccc(Cl)c1. The highest BCUT2D eigenvalue weighted by Crippen LogP contribution is 2.37. The first kappa shape index (κ1) is 23.6. The average Bonchev–Trinajstić information content (AvgIpc) is 3.18. The van der Waals surface area contributed by atoms with E-state index in [1.54, 1.807) is 48.5 Å². The summed E-state index contributed by atoms with van der Waals surface area (Å²) in [6.45, 7) is 0. The number of aromatic nitrogens is 2. The Hall–Kier alpha value is -3.16. The minimum Gasteiger partial charge on any atom is -0.335 e. The summed E-state index contributed by atoms with van der Waals surface area (Å²) in [5, 5.41) is 8.78. The molecule has 5 rings (SSSR count). The third-order valence-electron chi connectivity index (χ3n) is 6.15. The Balaban J connectivity index is 1.74. The van der Waals surface area contributed by atoms with Crippen molar-refractivity contribution in [1.82, 2.24) is 15.1 Å². The highest BCUT2D eigenvalue weighted by molar-refractivity contribution is 6.31. The third kappa shape index (κ3) is 4.83. The highest BCUT2D eigenvalue weighted by Gasteiger charge is 2.29. The van der Waals surface area contributed by atoms with E-state index in [9.17, 15) is 13.6 Å². The third-order valence-corrected chi connectivity index (χ3v) is 6.62. The van der Waals surface area contributed by atoms with E-state index in [1.807, 2.05) is 0 Å². The second kappa shape index (κ2) is 9.84. The van der Waals surface area contributed by atoms with Gasteiger partial charge in [0.2, 0.25) is 0 Å². The van der Waals surface area contributed by atoms with Crippen molar-refractivity contribution in [2.45, 2.75) is 38.1 Å². The number of anilines is 2. The summed E-state index contributed by atoms with van der Waals surface area (Å²) < 4.78 is 30.0. The lowest BCUT2D eigenvalue weighted by Gasteiger charge is -2.29. The van der Waals surface area contributed by atoms with Crippen LogP contribution in [-0.4, -0.2) is 21.9 Å². The van der Waals surface area contributed by atoms with Crippen LogP contribution in [0.2, 0.25) is 10.0 Å². The fourth-order valence-corrected chi connectivity index (χ4v) is 4.88. The van der Waals surface area contributed by atoms with Crippen LogP contribution in [0.4, 0.5) is 25.1 Å². The van der Waals surface area contributed by atoms with Gasteiger partial charge in [0, 0.05) is 27.5 Å². The zero-order chi connectivity index (χ0) is 24.5. The number of amides is 2. The van der Waals surface area contributed by atoms with Gasteiger partial charge in [-0.05, 0) is 55.3 Å². The molecule has 0 spiro atoms. The van der Waals surface area contributed by atoms with Crippen molar-refractivity contribution in [3.63, 3.8) is 0 Å². The van der Waals surface area contributed by atoms with Gasteiger partial charge in [-0.25, -0.2) is 23.2 Å². The number of halogens is 4. The smallest absolute Gasteiger partial charge is 0.327 e. The topological polar surface area (TPSA) is 50.2 Å². The fourth-order valence-electron chi connectivity index (χ4n) is 4.51. The summed E-state index contributed by atoms with van der Waals surface area (Å²) in [6.07, 6.45) is 4.97. The maximum atomic E-state index is 14.4. The van der Waals surface area contributed by atoms with Gasteiger partial charge in [-0.15, -0.1) is 0 Å². The number of hydrogen-bond donors (Lipinski definition) is 1. The van der Waals surface area contributed by atoms with Gasteiger partial charge >= 0.3 is 6.03 Å². The molecule has 0 bridgehead atoms. The van der Waals surface area contributed by atoms with Gasteiger partial charge in [0.15, 0.2) is 17.5 Å². The molecule has 5 nitrogen and oxygen atoms in total. The van der Waals surface area contributed by atoms with Crippen molar-refractivity contribution in [3.8, 4) is 5.69 Å². The summed E-state index contributed by atoms with van der Waals surface area (Å²) in [6, 6.07) is 15.3. The van der Waals surface area contributed by atoms with Gasteiger partial charge in [0.25, 0.3) is 0 Å². The van der Waals surface area contributed by atoms with Crippen LogP contribution in [0.1, 0.15) is 32.1 Å². The quantitative estimate of drug-likeness (QED) is 0.302. The van der Waals surface area contributed by atoms with E-state index in [-0.39, 0.29) is 22.8 Å². The number of benzene rings is 3. The lowest BCUT2D eigenvalue weighted by Crippen LogP contribution is -2.44. The molecule has 0 unspecified atom stereocenters. The number of urea groups is 1. The van der Waals surface area contributed by atoms with E-state index >= 15 is 0 Å². The van der Waals surface area contributed by atoms with Gasteiger partial charge in [0.1, 0.15) is 0 Å². The number of hydrogen-bond acceptors (Lipinski definition) is 2. The zero-order valence-corrected chi connectivity index (χ0v) is 20.2. The van der Waals surface area contributed by atoms with Crippen LogP contribution in [-0.2, 0) is 0 Å². The maximum absolute atomic E-state index is 14.4. The van der Waals surface area contributed by atoms with Crippen molar-refractivity contribution in [3.05, 3.63) is 82.3 Å².